The average Bonchev–Trinajstić information content (AvgIpc) is 2.13. The summed E-state index contributed by atoms with van der Waals surface area (Å²) < 4.78 is 1.29. The zero-order valence-corrected chi connectivity index (χ0v) is 7.36. The van der Waals surface area contributed by atoms with E-state index < -0.39 is 11.1 Å². The largest absolute Gasteiger partial charge is 0.396 e. The highest BCUT2D eigenvalue weighted by molar-refractivity contribution is 4.81. The van der Waals surface area contributed by atoms with Gasteiger partial charge in [0.05, 0.1) is 0 Å². The molecule has 0 amide bonds. The van der Waals surface area contributed by atoms with Gasteiger partial charge in [-0.3, -0.25) is 9.59 Å². The molecule has 1 unspecified atom stereocenters. The minimum Gasteiger partial charge on any atom is -0.396 e. The molecule has 0 spiro atoms. The van der Waals surface area contributed by atoms with E-state index >= 15 is 0 Å². The van der Waals surface area contributed by atoms with E-state index in [1.807, 2.05) is 0 Å². The SMILES string of the molecule is CC(CO)Cn1cc[nH]c(=O)c1=O. The first-order valence-electron chi connectivity index (χ1n) is 4.04. The molecule has 0 aliphatic heterocycles. The van der Waals surface area contributed by atoms with Gasteiger partial charge in [-0.1, -0.05) is 6.92 Å². The van der Waals surface area contributed by atoms with Crippen molar-refractivity contribution in [3.05, 3.63) is 33.1 Å². The van der Waals surface area contributed by atoms with Crippen LogP contribution in [0, 0.1) is 5.92 Å². The third-order valence-electron chi connectivity index (χ3n) is 1.74. The van der Waals surface area contributed by atoms with Gasteiger partial charge in [-0.05, 0) is 5.92 Å². The van der Waals surface area contributed by atoms with Gasteiger partial charge in [-0.15, -0.1) is 0 Å². The van der Waals surface area contributed by atoms with Crippen LogP contribution in [0.15, 0.2) is 22.0 Å². The number of H-pyrrole nitrogens is 1. The maximum Gasteiger partial charge on any atom is 0.316 e. The van der Waals surface area contributed by atoms with Gasteiger partial charge >= 0.3 is 11.1 Å². The second-order valence-electron chi connectivity index (χ2n) is 3.03. The molecule has 0 aliphatic carbocycles. The lowest BCUT2D eigenvalue weighted by Gasteiger charge is -2.08. The van der Waals surface area contributed by atoms with Crippen LogP contribution < -0.4 is 11.1 Å². The van der Waals surface area contributed by atoms with Crippen molar-refractivity contribution < 1.29 is 5.11 Å². The van der Waals surface area contributed by atoms with Crippen molar-refractivity contribution in [2.45, 2.75) is 13.5 Å². The Kier molecular flexibility index (Phi) is 3.02. The number of hydrogen-bond acceptors (Lipinski definition) is 3. The Hall–Kier alpha value is -1.36. The molecular formula is C8H12N2O3. The van der Waals surface area contributed by atoms with Crippen LogP contribution in [0.25, 0.3) is 0 Å². The van der Waals surface area contributed by atoms with E-state index in [9.17, 15) is 9.59 Å². The van der Waals surface area contributed by atoms with E-state index in [-0.39, 0.29) is 12.5 Å². The van der Waals surface area contributed by atoms with Gasteiger partial charge in [0.15, 0.2) is 0 Å². The van der Waals surface area contributed by atoms with Crippen molar-refractivity contribution in [1.29, 1.82) is 0 Å². The number of aliphatic hydroxyl groups excluding tert-OH is 1. The fraction of sp³-hybridized carbons (Fsp3) is 0.500. The molecule has 0 aliphatic rings. The molecule has 5 heteroatoms. The number of nitrogens with zero attached hydrogens (tertiary/aromatic N) is 1. The summed E-state index contributed by atoms with van der Waals surface area (Å²) in [5.74, 6) is -0.0282. The zero-order chi connectivity index (χ0) is 9.84. The highest BCUT2D eigenvalue weighted by Gasteiger charge is 2.04. The summed E-state index contributed by atoms with van der Waals surface area (Å²) in [6, 6.07) is 0. The Labute approximate surface area is 74.7 Å². The minimum absolute atomic E-state index is 0.000755. The molecule has 0 aromatic carbocycles. The molecule has 0 saturated heterocycles. The molecule has 72 valence electrons. The Balaban J connectivity index is 2.96. The first kappa shape index (κ1) is 9.73. The Morgan fingerprint density at radius 3 is 2.92 bits per heavy atom. The maximum atomic E-state index is 11.2. The zero-order valence-electron chi connectivity index (χ0n) is 7.36. The van der Waals surface area contributed by atoms with Crippen LogP contribution in [0.2, 0.25) is 0 Å². The molecule has 1 aromatic rings. The van der Waals surface area contributed by atoms with Crippen LogP contribution in [-0.2, 0) is 6.54 Å². The van der Waals surface area contributed by atoms with E-state index in [0.717, 1.165) is 0 Å². The summed E-state index contributed by atoms with van der Waals surface area (Å²) in [5.41, 5.74) is -1.21. The number of aromatic nitrogens is 2. The van der Waals surface area contributed by atoms with Gasteiger partial charge in [0.25, 0.3) is 0 Å². The maximum absolute atomic E-state index is 11.2. The van der Waals surface area contributed by atoms with Gasteiger partial charge in [-0.25, -0.2) is 0 Å². The quantitative estimate of drug-likeness (QED) is 0.602. The van der Waals surface area contributed by atoms with Crippen LogP contribution in [-0.4, -0.2) is 21.3 Å². The number of nitrogens with one attached hydrogen (secondary N) is 1. The molecule has 0 bridgehead atoms. The van der Waals surface area contributed by atoms with E-state index in [2.05, 4.69) is 4.98 Å². The lowest BCUT2D eigenvalue weighted by atomic mass is 10.2. The summed E-state index contributed by atoms with van der Waals surface area (Å²) in [6.07, 6.45) is 2.91. The van der Waals surface area contributed by atoms with Crippen LogP contribution >= 0.6 is 0 Å². The predicted octanol–water partition coefficient (Wildman–Crippen LogP) is -0.835. The summed E-state index contributed by atoms with van der Waals surface area (Å²) in [5, 5.41) is 8.75. The highest BCUT2D eigenvalue weighted by atomic mass is 16.3. The van der Waals surface area contributed by atoms with Crippen LogP contribution in [0.3, 0.4) is 0 Å². The normalized spacial score (nSPS) is 12.8. The molecule has 1 atom stereocenters. The number of aromatic amines is 1. The van der Waals surface area contributed by atoms with Crippen LogP contribution in [0.5, 0.6) is 0 Å². The topological polar surface area (TPSA) is 75.1 Å². The molecule has 1 rings (SSSR count). The summed E-state index contributed by atoms with van der Waals surface area (Å²) in [7, 11) is 0. The fourth-order valence-corrected chi connectivity index (χ4v) is 1.00. The molecule has 1 heterocycles. The summed E-state index contributed by atoms with van der Waals surface area (Å²) in [6.45, 7) is 2.16. The number of hydrogen-bond donors (Lipinski definition) is 2. The second kappa shape index (κ2) is 4.04. The highest BCUT2D eigenvalue weighted by Crippen LogP contribution is 1.94. The Bertz CT molecular complexity index is 379. The van der Waals surface area contributed by atoms with Crippen molar-refractivity contribution in [1.82, 2.24) is 9.55 Å². The molecule has 2 N–H and O–H groups in total. The van der Waals surface area contributed by atoms with Crippen molar-refractivity contribution in [2.75, 3.05) is 6.61 Å². The Morgan fingerprint density at radius 1 is 1.62 bits per heavy atom. The second-order valence-corrected chi connectivity index (χ2v) is 3.03. The van der Waals surface area contributed by atoms with Gasteiger partial charge in [0, 0.05) is 25.5 Å². The third kappa shape index (κ3) is 2.29. The molecule has 13 heavy (non-hydrogen) atoms. The summed E-state index contributed by atoms with van der Waals surface area (Å²) >= 11 is 0. The third-order valence-corrected chi connectivity index (χ3v) is 1.74. The smallest absolute Gasteiger partial charge is 0.316 e. The van der Waals surface area contributed by atoms with Gasteiger partial charge in [0.2, 0.25) is 0 Å². The van der Waals surface area contributed by atoms with Crippen LogP contribution in [0.1, 0.15) is 6.92 Å². The number of aliphatic hydroxyl groups is 1. The first-order valence-corrected chi connectivity index (χ1v) is 4.04. The van der Waals surface area contributed by atoms with E-state index in [1.54, 1.807) is 6.92 Å². The van der Waals surface area contributed by atoms with E-state index in [1.165, 1.54) is 17.0 Å². The minimum atomic E-state index is -0.632. The van der Waals surface area contributed by atoms with Crippen LogP contribution in [0.4, 0.5) is 0 Å². The van der Waals surface area contributed by atoms with Crippen molar-refractivity contribution in [2.24, 2.45) is 5.92 Å². The fourth-order valence-electron chi connectivity index (χ4n) is 1.00. The standard InChI is InChI=1S/C8H12N2O3/c1-6(5-11)4-10-3-2-9-7(12)8(10)13/h2-3,6,11H,4-5H2,1H3,(H,9,12). The lowest BCUT2D eigenvalue weighted by molar-refractivity contribution is 0.221. The summed E-state index contributed by atoms with van der Waals surface area (Å²) in [4.78, 5) is 24.3. The molecule has 0 fully saturated rings. The van der Waals surface area contributed by atoms with E-state index in [0.29, 0.717) is 6.54 Å². The monoisotopic (exact) mass is 184 g/mol. The average molecular weight is 184 g/mol. The molecule has 0 saturated carbocycles. The molecule has 5 nitrogen and oxygen atoms in total. The molecule has 1 aromatic heterocycles. The predicted molar refractivity (Wildman–Crippen MR) is 47.6 cm³/mol. The van der Waals surface area contributed by atoms with E-state index in [4.69, 9.17) is 5.11 Å². The van der Waals surface area contributed by atoms with Crippen molar-refractivity contribution in [3.8, 4) is 0 Å². The lowest BCUT2D eigenvalue weighted by Crippen LogP contribution is -2.36. The van der Waals surface area contributed by atoms with Gasteiger partial charge in [0.1, 0.15) is 0 Å². The van der Waals surface area contributed by atoms with Crippen molar-refractivity contribution in [3.63, 3.8) is 0 Å². The number of rotatable bonds is 3. The molecular weight excluding hydrogens is 172 g/mol. The molecule has 0 radical (unpaired) electrons. The van der Waals surface area contributed by atoms with Gasteiger partial charge < -0.3 is 14.7 Å². The first-order chi connectivity index (χ1) is 6.15. The van der Waals surface area contributed by atoms with Gasteiger partial charge in [-0.2, -0.15) is 0 Å². The Morgan fingerprint density at radius 2 is 2.31 bits per heavy atom. The van der Waals surface area contributed by atoms with Crippen molar-refractivity contribution >= 4 is 0 Å².